The number of H-pyrrole nitrogens is 1. The Kier molecular flexibility index (Phi) is 3.86. The van der Waals surface area contributed by atoms with E-state index in [9.17, 15) is 4.79 Å². The molecule has 0 saturated carbocycles. The number of aromatic nitrogens is 2. The van der Waals surface area contributed by atoms with E-state index < -0.39 is 0 Å². The quantitative estimate of drug-likeness (QED) is 0.803. The van der Waals surface area contributed by atoms with Crippen LogP contribution in [0.3, 0.4) is 0 Å². The summed E-state index contributed by atoms with van der Waals surface area (Å²) in [4.78, 5) is 19.9. The maximum absolute atomic E-state index is 12.3. The number of aromatic amines is 1. The van der Waals surface area contributed by atoms with Gasteiger partial charge in [0.25, 0.3) is 0 Å². The normalized spacial score (nSPS) is 16.0. The lowest BCUT2D eigenvalue weighted by Crippen LogP contribution is -2.44. The Morgan fingerprint density at radius 1 is 1.00 bits per heavy atom. The Bertz CT molecular complexity index is 903. The van der Waals surface area contributed by atoms with Crippen LogP contribution in [-0.2, 0) is 6.54 Å². The van der Waals surface area contributed by atoms with E-state index in [1.54, 1.807) is 4.57 Å². The number of hydrogen-bond acceptors (Lipinski definition) is 3. The van der Waals surface area contributed by atoms with Crippen LogP contribution in [0, 0.1) is 0 Å². The maximum Gasteiger partial charge on any atom is 0.326 e. The molecule has 1 aromatic heterocycles. The molecule has 0 bridgehead atoms. The molecule has 0 spiro atoms. The van der Waals surface area contributed by atoms with Gasteiger partial charge in [0.1, 0.15) is 0 Å². The van der Waals surface area contributed by atoms with E-state index in [0.29, 0.717) is 6.54 Å². The van der Waals surface area contributed by atoms with Gasteiger partial charge in [0, 0.05) is 31.9 Å². The third-order valence-corrected chi connectivity index (χ3v) is 4.80. The molecule has 2 aromatic carbocycles. The fraction of sp³-hybridized carbons (Fsp3) is 0.316. The van der Waals surface area contributed by atoms with Crippen molar-refractivity contribution in [1.82, 2.24) is 14.5 Å². The van der Waals surface area contributed by atoms with Gasteiger partial charge in [-0.15, -0.1) is 0 Å². The number of para-hydroxylation sites is 2. The van der Waals surface area contributed by atoms with Crippen molar-refractivity contribution in [2.24, 2.45) is 0 Å². The van der Waals surface area contributed by atoms with E-state index in [0.717, 1.165) is 42.8 Å². The number of rotatable bonds is 3. The van der Waals surface area contributed by atoms with Crippen LogP contribution in [0.1, 0.15) is 5.56 Å². The van der Waals surface area contributed by atoms with Crippen LogP contribution in [0.5, 0.6) is 0 Å². The molecule has 5 nitrogen and oxygen atoms in total. The van der Waals surface area contributed by atoms with Gasteiger partial charge in [-0.25, -0.2) is 4.79 Å². The molecule has 1 aliphatic rings. The predicted molar refractivity (Wildman–Crippen MR) is 97.8 cm³/mol. The zero-order valence-corrected chi connectivity index (χ0v) is 13.9. The summed E-state index contributed by atoms with van der Waals surface area (Å²) in [5.41, 5.74) is 4.18. The molecule has 0 atom stereocenters. The van der Waals surface area contributed by atoms with E-state index in [1.807, 2.05) is 24.3 Å². The lowest BCUT2D eigenvalue weighted by molar-refractivity contribution is 0.313. The summed E-state index contributed by atoms with van der Waals surface area (Å²) in [5, 5.41) is 0. The molecule has 0 amide bonds. The minimum absolute atomic E-state index is 0.0544. The van der Waals surface area contributed by atoms with Crippen LogP contribution in [0.25, 0.3) is 11.0 Å². The molecule has 5 heteroatoms. The van der Waals surface area contributed by atoms with Gasteiger partial charge in [-0.2, -0.15) is 0 Å². The molecule has 1 N–H and O–H groups in total. The van der Waals surface area contributed by atoms with E-state index >= 15 is 0 Å². The van der Waals surface area contributed by atoms with Crippen molar-refractivity contribution >= 4 is 16.7 Å². The zero-order chi connectivity index (χ0) is 16.5. The second-order valence-corrected chi connectivity index (χ2v) is 6.49. The first kappa shape index (κ1) is 15.0. The molecular formula is C19H22N4O. The first-order chi connectivity index (χ1) is 11.7. The van der Waals surface area contributed by atoms with E-state index in [4.69, 9.17) is 0 Å². The number of benzene rings is 2. The Balaban J connectivity index is 1.62. The Morgan fingerprint density at radius 2 is 1.79 bits per heavy atom. The molecular weight excluding hydrogens is 300 g/mol. The van der Waals surface area contributed by atoms with Gasteiger partial charge in [-0.3, -0.25) is 4.57 Å². The summed E-state index contributed by atoms with van der Waals surface area (Å²) in [7, 11) is 2.16. The SMILES string of the molecule is CN1CCN(c2cccc(Cn3c(=O)[nH]c4ccccc43)c2)CC1. The van der Waals surface area contributed by atoms with E-state index in [2.05, 4.69) is 46.1 Å². The molecule has 24 heavy (non-hydrogen) atoms. The minimum atomic E-state index is -0.0544. The first-order valence-electron chi connectivity index (χ1n) is 8.41. The van der Waals surface area contributed by atoms with Gasteiger partial charge < -0.3 is 14.8 Å². The highest BCUT2D eigenvalue weighted by Gasteiger charge is 2.14. The lowest BCUT2D eigenvalue weighted by atomic mass is 10.1. The largest absolute Gasteiger partial charge is 0.369 e. The minimum Gasteiger partial charge on any atom is -0.369 e. The third-order valence-electron chi connectivity index (χ3n) is 4.80. The maximum atomic E-state index is 12.3. The van der Waals surface area contributed by atoms with Gasteiger partial charge in [0.2, 0.25) is 0 Å². The summed E-state index contributed by atoms with van der Waals surface area (Å²) >= 11 is 0. The zero-order valence-electron chi connectivity index (χ0n) is 13.9. The number of nitrogens with one attached hydrogen (secondary N) is 1. The highest BCUT2D eigenvalue weighted by atomic mass is 16.1. The number of anilines is 1. The number of hydrogen-bond donors (Lipinski definition) is 1. The average Bonchev–Trinajstić information content (AvgIpc) is 2.92. The molecule has 3 aromatic rings. The van der Waals surface area contributed by atoms with Crippen LogP contribution < -0.4 is 10.6 Å². The summed E-state index contributed by atoms with van der Waals surface area (Å²) < 4.78 is 1.80. The van der Waals surface area contributed by atoms with Crippen molar-refractivity contribution in [2.45, 2.75) is 6.54 Å². The smallest absolute Gasteiger partial charge is 0.326 e. The first-order valence-corrected chi connectivity index (χ1v) is 8.41. The molecule has 1 fully saturated rings. The Hall–Kier alpha value is -2.53. The fourth-order valence-electron chi connectivity index (χ4n) is 3.36. The van der Waals surface area contributed by atoms with Gasteiger partial charge in [0.05, 0.1) is 17.6 Å². The number of likely N-dealkylation sites (N-methyl/N-ethyl adjacent to an activating group) is 1. The van der Waals surface area contributed by atoms with Crippen molar-refractivity contribution in [3.63, 3.8) is 0 Å². The van der Waals surface area contributed by atoms with Crippen molar-refractivity contribution in [3.8, 4) is 0 Å². The second kappa shape index (κ2) is 6.17. The van der Waals surface area contributed by atoms with Gasteiger partial charge in [0.15, 0.2) is 0 Å². The average molecular weight is 322 g/mol. The lowest BCUT2D eigenvalue weighted by Gasteiger charge is -2.34. The topological polar surface area (TPSA) is 44.3 Å². The van der Waals surface area contributed by atoms with Gasteiger partial charge >= 0.3 is 5.69 Å². The van der Waals surface area contributed by atoms with Crippen LogP contribution in [0.4, 0.5) is 5.69 Å². The monoisotopic (exact) mass is 322 g/mol. The van der Waals surface area contributed by atoms with Gasteiger partial charge in [-0.1, -0.05) is 24.3 Å². The molecule has 4 rings (SSSR count). The summed E-state index contributed by atoms with van der Waals surface area (Å²) in [6.07, 6.45) is 0. The summed E-state index contributed by atoms with van der Waals surface area (Å²) in [5.74, 6) is 0. The molecule has 124 valence electrons. The molecule has 0 aliphatic carbocycles. The van der Waals surface area contributed by atoms with Crippen LogP contribution in [0.2, 0.25) is 0 Å². The number of piperazine rings is 1. The highest BCUT2D eigenvalue weighted by Crippen LogP contribution is 2.19. The fourth-order valence-corrected chi connectivity index (χ4v) is 3.36. The van der Waals surface area contributed by atoms with E-state index in [1.165, 1.54) is 5.69 Å². The van der Waals surface area contributed by atoms with Crippen molar-refractivity contribution in [1.29, 1.82) is 0 Å². The van der Waals surface area contributed by atoms with Crippen LogP contribution in [-0.4, -0.2) is 47.7 Å². The van der Waals surface area contributed by atoms with Crippen molar-refractivity contribution in [3.05, 3.63) is 64.6 Å². The van der Waals surface area contributed by atoms with Crippen molar-refractivity contribution < 1.29 is 0 Å². The number of fused-ring (bicyclic) bond motifs is 1. The molecule has 0 unspecified atom stereocenters. The molecule has 2 heterocycles. The molecule has 1 aliphatic heterocycles. The Labute approximate surface area is 141 Å². The third kappa shape index (κ3) is 2.83. The summed E-state index contributed by atoms with van der Waals surface area (Å²) in [6, 6.07) is 16.4. The number of imidazole rings is 1. The molecule has 0 radical (unpaired) electrons. The van der Waals surface area contributed by atoms with Gasteiger partial charge in [-0.05, 0) is 36.9 Å². The second-order valence-electron chi connectivity index (χ2n) is 6.49. The summed E-state index contributed by atoms with van der Waals surface area (Å²) in [6.45, 7) is 4.86. The Morgan fingerprint density at radius 3 is 2.62 bits per heavy atom. The van der Waals surface area contributed by atoms with Crippen LogP contribution >= 0.6 is 0 Å². The highest BCUT2D eigenvalue weighted by molar-refractivity contribution is 5.75. The van der Waals surface area contributed by atoms with Crippen LogP contribution in [0.15, 0.2) is 53.3 Å². The van der Waals surface area contributed by atoms with E-state index in [-0.39, 0.29) is 5.69 Å². The molecule has 1 saturated heterocycles. The predicted octanol–water partition coefficient (Wildman–Crippen LogP) is 2.13. The standard InChI is InChI=1S/C19H22N4O/c1-21-9-11-22(12-10-21)16-6-4-5-15(13-16)14-23-18-8-3-2-7-17(18)20-19(23)24/h2-8,13H,9-12,14H2,1H3,(H,20,24). The number of nitrogens with zero attached hydrogens (tertiary/aromatic N) is 3. The van der Waals surface area contributed by atoms with Crippen molar-refractivity contribution in [2.75, 3.05) is 38.1 Å².